The predicted molar refractivity (Wildman–Crippen MR) is 59.8 cm³/mol. The molecule has 1 rings (SSSR count). The van der Waals surface area contributed by atoms with Crippen LogP contribution in [0, 0.1) is 0 Å². The second kappa shape index (κ2) is 5.25. The molecule has 16 heavy (non-hydrogen) atoms. The van der Waals surface area contributed by atoms with E-state index in [1.54, 1.807) is 0 Å². The normalized spacial score (nSPS) is 12.1. The van der Waals surface area contributed by atoms with E-state index < -0.39 is 11.7 Å². The van der Waals surface area contributed by atoms with Gasteiger partial charge in [0.25, 0.3) is 0 Å². The second-order valence-corrected chi connectivity index (χ2v) is 3.55. The number of nitrogens with one attached hydrogen (secondary N) is 1. The predicted octanol–water partition coefficient (Wildman–Crippen LogP) is 4.35. The molecular formula is C11H11ClF3N. The average Bonchev–Trinajstić information content (AvgIpc) is 2.19. The Labute approximate surface area is 96.9 Å². The lowest BCUT2D eigenvalue weighted by Crippen LogP contribution is -2.07. The van der Waals surface area contributed by atoms with Crippen molar-refractivity contribution in [2.75, 3.05) is 11.9 Å². The third-order valence-electron chi connectivity index (χ3n) is 1.93. The molecule has 1 aromatic rings. The number of halogens is 4. The fourth-order valence-corrected chi connectivity index (χ4v) is 1.37. The number of anilines is 1. The van der Waals surface area contributed by atoms with Crippen LogP contribution in [0.15, 0.2) is 30.4 Å². The maximum Gasteiger partial charge on any atom is 0.417 e. The van der Waals surface area contributed by atoms with E-state index in [4.69, 9.17) is 11.6 Å². The van der Waals surface area contributed by atoms with E-state index in [0.29, 0.717) is 12.2 Å². The Hall–Kier alpha value is -1.16. The van der Waals surface area contributed by atoms with Crippen molar-refractivity contribution < 1.29 is 13.2 Å². The van der Waals surface area contributed by atoms with E-state index in [1.807, 2.05) is 19.1 Å². The van der Waals surface area contributed by atoms with Crippen LogP contribution in [-0.2, 0) is 6.18 Å². The smallest absolute Gasteiger partial charge is 0.382 e. The van der Waals surface area contributed by atoms with Crippen molar-refractivity contribution in [1.82, 2.24) is 0 Å². The summed E-state index contributed by atoms with van der Waals surface area (Å²) in [6.45, 7) is 2.32. The van der Waals surface area contributed by atoms with E-state index in [1.165, 1.54) is 12.1 Å². The van der Waals surface area contributed by atoms with Crippen molar-refractivity contribution in [3.63, 3.8) is 0 Å². The third-order valence-corrected chi connectivity index (χ3v) is 2.26. The van der Waals surface area contributed by atoms with E-state index >= 15 is 0 Å². The SMILES string of the molecule is CC=CCNc1ccc(Cl)c(C(F)(F)F)c1. The van der Waals surface area contributed by atoms with Crippen LogP contribution in [0.3, 0.4) is 0 Å². The number of hydrogen-bond acceptors (Lipinski definition) is 1. The Morgan fingerprint density at radius 2 is 2.06 bits per heavy atom. The highest BCUT2D eigenvalue weighted by molar-refractivity contribution is 6.31. The van der Waals surface area contributed by atoms with Crippen LogP contribution >= 0.6 is 11.6 Å². The molecule has 0 aliphatic heterocycles. The topological polar surface area (TPSA) is 12.0 Å². The number of alkyl halides is 3. The Kier molecular flexibility index (Phi) is 4.24. The first-order valence-corrected chi connectivity index (χ1v) is 5.04. The molecule has 0 bridgehead atoms. The van der Waals surface area contributed by atoms with Crippen LogP contribution in [-0.4, -0.2) is 6.54 Å². The van der Waals surface area contributed by atoms with Gasteiger partial charge in [-0.3, -0.25) is 0 Å². The zero-order valence-electron chi connectivity index (χ0n) is 8.61. The van der Waals surface area contributed by atoms with Gasteiger partial charge in [0.2, 0.25) is 0 Å². The molecule has 88 valence electrons. The molecule has 0 spiro atoms. The summed E-state index contributed by atoms with van der Waals surface area (Å²) in [5.74, 6) is 0. The molecule has 0 radical (unpaired) electrons. The fourth-order valence-electron chi connectivity index (χ4n) is 1.15. The van der Waals surface area contributed by atoms with Crippen molar-refractivity contribution in [3.05, 3.63) is 40.9 Å². The molecule has 0 saturated heterocycles. The molecule has 0 fully saturated rings. The summed E-state index contributed by atoms with van der Waals surface area (Å²) in [5, 5.41) is 2.55. The van der Waals surface area contributed by atoms with Gasteiger partial charge < -0.3 is 5.32 Å². The summed E-state index contributed by atoms with van der Waals surface area (Å²) in [4.78, 5) is 0. The standard InChI is InChI=1S/C11H11ClF3N/c1-2-3-6-16-8-4-5-10(12)9(7-8)11(13,14)15/h2-5,7,16H,6H2,1H3. The number of hydrogen-bond donors (Lipinski definition) is 1. The zero-order valence-corrected chi connectivity index (χ0v) is 9.36. The lowest BCUT2D eigenvalue weighted by molar-refractivity contribution is -0.137. The van der Waals surface area contributed by atoms with E-state index in [-0.39, 0.29) is 5.02 Å². The van der Waals surface area contributed by atoms with Crippen molar-refractivity contribution in [2.24, 2.45) is 0 Å². The lowest BCUT2D eigenvalue weighted by atomic mass is 10.2. The molecule has 0 heterocycles. The molecule has 0 aromatic heterocycles. The molecule has 1 nitrogen and oxygen atoms in total. The van der Waals surface area contributed by atoms with Gasteiger partial charge in [-0.15, -0.1) is 0 Å². The fraction of sp³-hybridized carbons (Fsp3) is 0.273. The molecule has 0 unspecified atom stereocenters. The Morgan fingerprint density at radius 3 is 2.62 bits per heavy atom. The third kappa shape index (κ3) is 3.45. The minimum atomic E-state index is -4.42. The molecule has 0 aliphatic carbocycles. The number of rotatable bonds is 3. The second-order valence-electron chi connectivity index (χ2n) is 3.14. The van der Waals surface area contributed by atoms with E-state index in [0.717, 1.165) is 6.07 Å². The van der Waals surface area contributed by atoms with E-state index in [2.05, 4.69) is 5.32 Å². The van der Waals surface area contributed by atoms with E-state index in [9.17, 15) is 13.2 Å². The highest BCUT2D eigenvalue weighted by atomic mass is 35.5. The van der Waals surface area contributed by atoms with Crippen molar-refractivity contribution >= 4 is 17.3 Å². The quantitative estimate of drug-likeness (QED) is 0.786. The largest absolute Gasteiger partial charge is 0.417 e. The van der Waals surface area contributed by atoms with Crippen molar-refractivity contribution in [3.8, 4) is 0 Å². The van der Waals surface area contributed by atoms with Crippen LogP contribution in [0.4, 0.5) is 18.9 Å². The molecule has 0 atom stereocenters. The first-order chi connectivity index (χ1) is 7.45. The summed E-state index contributed by atoms with van der Waals surface area (Å²) >= 11 is 5.48. The van der Waals surface area contributed by atoms with Gasteiger partial charge in [-0.05, 0) is 25.1 Å². The van der Waals surface area contributed by atoms with Gasteiger partial charge in [-0.2, -0.15) is 13.2 Å². The average molecular weight is 250 g/mol. The van der Waals surface area contributed by atoms with Gasteiger partial charge in [0, 0.05) is 12.2 Å². The minimum Gasteiger partial charge on any atom is -0.382 e. The zero-order chi connectivity index (χ0) is 12.2. The van der Waals surface area contributed by atoms with Gasteiger partial charge in [0.1, 0.15) is 0 Å². The number of benzene rings is 1. The highest BCUT2D eigenvalue weighted by Gasteiger charge is 2.33. The maximum atomic E-state index is 12.5. The highest BCUT2D eigenvalue weighted by Crippen LogP contribution is 2.36. The molecule has 0 saturated carbocycles. The molecule has 0 amide bonds. The Bertz CT molecular complexity index is 385. The Morgan fingerprint density at radius 1 is 1.38 bits per heavy atom. The summed E-state index contributed by atoms with van der Waals surface area (Å²) < 4.78 is 37.5. The van der Waals surface area contributed by atoms with Gasteiger partial charge in [-0.1, -0.05) is 23.8 Å². The van der Waals surface area contributed by atoms with Crippen LogP contribution in [0.25, 0.3) is 0 Å². The van der Waals surface area contributed by atoms with Crippen LogP contribution in [0.1, 0.15) is 12.5 Å². The molecule has 1 aromatic carbocycles. The first-order valence-electron chi connectivity index (χ1n) is 4.67. The maximum absolute atomic E-state index is 12.5. The summed E-state index contributed by atoms with van der Waals surface area (Å²) in [5.41, 5.74) is -0.422. The van der Waals surface area contributed by atoms with Gasteiger partial charge in [0.05, 0.1) is 10.6 Å². The molecular weight excluding hydrogens is 239 g/mol. The number of allylic oxidation sites excluding steroid dienone is 1. The first kappa shape index (κ1) is 12.9. The van der Waals surface area contributed by atoms with Crippen LogP contribution < -0.4 is 5.32 Å². The summed E-state index contributed by atoms with van der Waals surface area (Å²) in [7, 11) is 0. The molecule has 0 aliphatic rings. The van der Waals surface area contributed by atoms with Gasteiger partial charge in [0.15, 0.2) is 0 Å². The Balaban J connectivity index is 2.90. The monoisotopic (exact) mass is 249 g/mol. The lowest BCUT2D eigenvalue weighted by Gasteiger charge is -2.11. The van der Waals surface area contributed by atoms with Crippen molar-refractivity contribution in [2.45, 2.75) is 13.1 Å². The molecule has 1 N–H and O–H groups in total. The van der Waals surface area contributed by atoms with Gasteiger partial charge in [-0.25, -0.2) is 0 Å². The molecule has 5 heteroatoms. The van der Waals surface area contributed by atoms with Crippen LogP contribution in [0.2, 0.25) is 5.02 Å². The van der Waals surface area contributed by atoms with Crippen molar-refractivity contribution in [1.29, 1.82) is 0 Å². The summed E-state index contributed by atoms with van der Waals surface area (Å²) in [6, 6.07) is 3.76. The van der Waals surface area contributed by atoms with Gasteiger partial charge >= 0.3 is 6.18 Å². The van der Waals surface area contributed by atoms with Crippen LogP contribution in [0.5, 0.6) is 0 Å². The summed E-state index contributed by atoms with van der Waals surface area (Å²) in [6.07, 6.45) is -0.801. The minimum absolute atomic E-state index is 0.288.